The van der Waals surface area contributed by atoms with Gasteiger partial charge in [-0.25, -0.2) is 0 Å². The molecule has 0 amide bonds. The van der Waals surface area contributed by atoms with Crippen molar-refractivity contribution in [2.75, 3.05) is 11.5 Å². The van der Waals surface area contributed by atoms with Gasteiger partial charge in [-0.15, -0.1) is 0 Å². The number of nitrogens with two attached hydrogens (primary N) is 2. The number of rotatable bonds is 1. The van der Waals surface area contributed by atoms with Crippen molar-refractivity contribution >= 4 is 18.0 Å². The number of hydrogen-bond acceptors (Lipinski definition) is 4. The highest BCUT2D eigenvalue weighted by Crippen LogP contribution is 2.14. The van der Waals surface area contributed by atoms with Gasteiger partial charge in [-0.3, -0.25) is 0 Å². The third-order valence-electron chi connectivity index (χ3n) is 0.891. The van der Waals surface area contributed by atoms with Gasteiger partial charge in [-0.2, -0.15) is 4.98 Å². The average molecular weight is 125 g/mol. The van der Waals surface area contributed by atoms with Crippen LogP contribution in [-0.4, -0.2) is 4.98 Å². The Morgan fingerprint density at radius 3 is 2.44 bits per heavy atom. The Morgan fingerprint density at radius 2 is 2.22 bits per heavy atom. The van der Waals surface area contributed by atoms with Crippen LogP contribution in [0.15, 0.2) is 11.0 Å². The molecule has 0 bridgehead atoms. The van der Waals surface area contributed by atoms with Gasteiger partial charge < -0.3 is 15.9 Å². The lowest BCUT2D eigenvalue weighted by Crippen LogP contribution is -1.83. The minimum absolute atomic E-state index is 0.0717. The number of hydrogen-bond donors (Lipinski definition) is 2. The lowest BCUT2D eigenvalue weighted by Gasteiger charge is -1.79. The van der Waals surface area contributed by atoms with Crippen molar-refractivity contribution in [3.05, 3.63) is 12.3 Å². The summed E-state index contributed by atoms with van der Waals surface area (Å²) in [5.74, 6) is 0.211. The second-order valence-corrected chi connectivity index (χ2v) is 1.51. The Hall–Kier alpha value is -1.45. The molecule has 4 heteroatoms. The summed E-state index contributed by atoms with van der Waals surface area (Å²) in [6.45, 7) is 3.45. The van der Waals surface area contributed by atoms with E-state index in [-0.39, 0.29) is 11.9 Å². The molecule has 4 N–H and O–H groups in total. The smallest absolute Gasteiger partial charge is 0.294 e. The van der Waals surface area contributed by atoms with Gasteiger partial charge in [0, 0.05) is 0 Å². The third kappa shape index (κ3) is 0.861. The van der Waals surface area contributed by atoms with Crippen LogP contribution in [0.3, 0.4) is 0 Å². The Morgan fingerprint density at radius 1 is 1.56 bits per heavy atom. The van der Waals surface area contributed by atoms with E-state index in [4.69, 9.17) is 11.5 Å². The molecular formula is C5H7N3O. The highest BCUT2D eigenvalue weighted by Gasteiger charge is 2.01. The number of anilines is 2. The minimum atomic E-state index is 0.0717. The van der Waals surface area contributed by atoms with Crippen molar-refractivity contribution in [1.82, 2.24) is 4.98 Å². The van der Waals surface area contributed by atoms with Crippen molar-refractivity contribution in [2.45, 2.75) is 0 Å². The van der Waals surface area contributed by atoms with E-state index in [9.17, 15) is 0 Å². The van der Waals surface area contributed by atoms with E-state index in [0.717, 1.165) is 0 Å². The summed E-state index contributed by atoms with van der Waals surface area (Å²) in [5, 5.41) is 0. The van der Waals surface area contributed by atoms with E-state index >= 15 is 0 Å². The summed E-state index contributed by atoms with van der Waals surface area (Å²) >= 11 is 0. The molecule has 4 nitrogen and oxygen atoms in total. The van der Waals surface area contributed by atoms with Crippen molar-refractivity contribution in [2.24, 2.45) is 0 Å². The monoisotopic (exact) mass is 125 g/mol. The van der Waals surface area contributed by atoms with Gasteiger partial charge in [0.15, 0.2) is 0 Å². The van der Waals surface area contributed by atoms with Gasteiger partial charge in [0.25, 0.3) is 6.01 Å². The molecular weight excluding hydrogens is 118 g/mol. The quantitative estimate of drug-likeness (QED) is 0.572. The predicted octanol–water partition coefficient (Wildman–Crippen LogP) is 0.482. The molecule has 1 rings (SSSR count). The van der Waals surface area contributed by atoms with Gasteiger partial charge in [-0.1, -0.05) is 6.58 Å². The molecule has 1 aromatic heterocycles. The second kappa shape index (κ2) is 1.81. The lowest BCUT2D eigenvalue weighted by atomic mass is 10.4. The van der Waals surface area contributed by atoms with Gasteiger partial charge in [0.05, 0.1) is 0 Å². The van der Waals surface area contributed by atoms with Crippen molar-refractivity contribution in [3.8, 4) is 0 Å². The predicted molar refractivity (Wildman–Crippen MR) is 35.4 cm³/mol. The van der Waals surface area contributed by atoms with E-state index in [2.05, 4.69) is 16.0 Å². The molecule has 1 aromatic rings. The molecule has 0 atom stereocenters. The maximum absolute atomic E-state index is 5.27. The maximum Gasteiger partial charge on any atom is 0.294 e. The first-order valence-corrected chi connectivity index (χ1v) is 2.38. The van der Waals surface area contributed by atoms with E-state index in [0.29, 0.717) is 5.69 Å². The standard InChI is InChI=1S/C5H7N3O/c1-2-3-4(6)9-5(7)8-3/h2H,1,6H2,(H2,7,8). The normalized spacial score (nSPS) is 9.33. The molecule has 48 valence electrons. The van der Waals surface area contributed by atoms with Gasteiger partial charge in [0.1, 0.15) is 5.69 Å². The number of nitrogens with zero attached hydrogens (tertiary/aromatic N) is 1. The Labute approximate surface area is 52.2 Å². The van der Waals surface area contributed by atoms with Crippen molar-refractivity contribution in [3.63, 3.8) is 0 Å². The molecule has 0 saturated heterocycles. The minimum Gasteiger partial charge on any atom is -0.407 e. The van der Waals surface area contributed by atoms with Crippen molar-refractivity contribution < 1.29 is 4.42 Å². The summed E-state index contributed by atoms with van der Waals surface area (Å²) in [4.78, 5) is 3.70. The van der Waals surface area contributed by atoms with E-state index in [1.165, 1.54) is 6.08 Å². The highest BCUT2D eigenvalue weighted by molar-refractivity contribution is 5.55. The summed E-state index contributed by atoms with van der Waals surface area (Å²) in [5.41, 5.74) is 10.9. The van der Waals surface area contributed by atoms with Gasteiger partial charge in [0.2, 0.25) is 5.88 Å². The summed E-state index contributed by atoms with van der Waals surface area (Å²) in [7, 11) is 0. The van der Waals surface area contributed by atoms with Crippen LogP contribution >= 0.6 is 0 Å². The van der Waals surface area contributed by atoms with Crippen LogP contribution in [0.4, 0.5) is 11.9 Å². The number of nitrogen functional groups attached to an aromatic ring is 2. The first-order valence-electron chi connectivity index (χ1n) is 2.38. The zero-order valence-corrected chi connectivity index (χ0v) is 4.79. The van der Waals surface area contributed by atoms with Crippen LogP contribution in [0, 0.1) is 0 Å². The molecule has 0 saturated carbocycles. The topological polar surface area (TPSA) is 78.1 Å². The third-order valence-corrected chi connectivity index (χ3v) is 0.891. The fraction of sp³-hybridized carbons (Fsp3) is 0. The van der Waals surface area contributed by atoms with Crippen LogP contribution in [0.25, 0.3) is 6.08 Å². The molecule has 0 aliphatic heterocycles. The summed E-state index contributed by atoms with van der Waals surface area (Å²) in [6.07, 6.45) is 1.48. The van der Waals surface area contributed by atoms with Gasteiger partial charge in [-0.05, 0) is 6.08 Å². The molecule has 0 radical (unpaired) electrons. The summed E-state index contributed by atoms with van der Waals surface area (Å²) < 4.78 is 4.68. The first kappa shape index (κ1) is 5.68. The maximum atomic E-state index is 5.27. The van der Waals surface area contributed by atoms with Crippen LogP contribution in [-0.2, 0) is 0 Å². The fourth-order valence-corrected chi connectivity index (χ4v) is 0.508. The SMILES string of the molecule is C=Cc1nc(N)oc1N. The molecule has 0 aliphatic rings. The molecule has 9 heavy (non-hydrogen) atoms. The Balaban J connectivity index is 3.15. The largest absolute Gasteiger partial charge is 0.407 e. The zero-order valence-electron chi connectivity index (χ0n) is 4.79. The molecule has 0 spiro atoms. The van der Waals surface area contributed by atoms with Gasteiger partial charge >= 0.3 is 0 Å². The molecule has 0 fully saturated rings. The number of oxazole rings is 1. The molecule has 1 heterocycles. The van der Waals surface area contributed by atoms with Crippen LogP contribution in [0.2, 0.25) is 0 Å². The fourth-order valence-electron chi connectivity index (χ4n) is 0.508. The summed E-state index contributed by atoms with van der Waals surface area (Å²) in [6, 6.07) is 0.0717. The number of aromatic nitrogens is 1. The first-order chi connectivity index (χ1) is 4.24. The lowest BCUT2D eigenvalue weighted by molar-refractivity contribution is 0.600. The Bertz CT molecular complexity index is 228. The van der Waals surface area contributed by atoms with E-state index < -0.39 is 0 Å². The van der Waals surface area contributed by atoms with Crippen LogP contribution in [0.5, 0.6) is 0 Å². The Kier molecular flexibility index (Phi) is 1.14. The highest BCUT2D eigenvalue weighted by atomic mass is 16.4. The van der Waals surface area contributed by atoms with E-state index in [1.54, 1.807) is 0 Å². The van der Waals surface area contributed by atoms with E-state index in [1.807, 2.05) is 0 Å². The zero-order chi connectivity index (χ0) is 6.85. The van der Waals surface area contributed by atoms with Crippen molar-refractivity contribution in [1.29, 1.82) is 0 Å². The molecule has 0 aliphatic carbocycles. The molecule has 0 unspecified atom stereocenters. The average Bonchev–Trinajstić information content (AvgIpc) is 2.10. The molecule has 0 aromatic carbocycles. The van der Waals surface area contributed by atoms with Crippen LogP contribution in [0.1, 0.15) is 5.69 Å². The van der Waals surface area contributed by atoms with Crippen LogP contribution < -0.4 is 11.5 Å². The second-order valence-electron chi connectivity index (χ2n) is 1.51.